The van der Waals surface area contributed by atoms with Crippen LogP contribution < -0.4 is 0 Å². The van der Waals surface area contributed by atoms with E-state index in [9.17, 15) is 0 Å². The summed E-state index contributed by atoms with van der Waals surface area (Å²) in [7, 11) is 6.53. The van der Waals surface area contributed by atoms with Crippen molar-refractivity contribution in [3.8, 4) is 11.8 Å². The van der Waals surface area contributed by atoms with Gasteiger partial charge in [0.25, 0.3) is 0 Å². The van der Waals surface area contributed by atoms with Crippen molar-refractivity contribution in [3.05, 3.63) is 48.6 Å². The number of methoxy groups -OCH3 is 4. The summed E-state index contributed by atoms with van der Waals surface area (Å²) in [6.45, 7) is 4.24. The minimum Gasteiger partial charge on any atom is -0.382 e. The standard InChI is InChI=1S/C21H28O5/c1-6-13-21(14-12-16-10-8-7-9-11-16)20(25-5)19(24-4)18(23-3)17(26-21)15-22-2/h6-11,17-20H,1,13,15H2,2-5H3/t17-,18-,19+,20-,21+/m1/s1. The average molecular weight is 360 g/mol. The van der Waals surface area contributed by atoms with Crippen molar-refractivity contribution in [1.82, 2.24) is 0 Å². The van der Waals surface area contributed by atoms with E-state index in [0.29, 0.717) is 13.0 Å². The Kier molecular flexibility index (Phi) is 7.83. The molecule has 0 aromatic heterocycles. The lowest BCUT2D eigenvalue weighted by Crippen LogP contribution is -2.66. The van der Waals surface area contributed by atoms with Gasteiger partial charge in [-0.2, -0.15) is 0 Å². The van der Waals surface area contributed by atoms with Gasteiger partial charge in [-0.05, 0) is 12.1 Å². The summed E-state index contributed by atoms with van der Waals surface area (Å²) >= 11 is 0. The fourth-order valence-corrected chi connectivity index (χ4v) is 3.44. The van der Waals surface area contributed by atoms with Crippen molar-refractivity contribution >= 4 is 0 Å². The Hall–Kier alpha value is -1.68. The van der Waals surface area contributed by atoms with E-state index in [1.165, 1.54) is 0 Å². The molecule has 2 rings (SSSR count). The molecule has 5 heteroatoms. The second-order valence-electron chi connectivity index (χ2n) is 6.17. The predicted octanol–water partition coefficient (Wildman–Crippen LogP) is 2.44. The maximum Gasteiger partial charge on any atom is 0.161 e. The number of benzene rings is 1. The smallest absolute Gasteiger partial charge is 0.161 e. The lowest BCUT2D eigenvalue weighted by Gasteiger charge is -2.49. The minimum atomic E-state index is -0.911. The molecule has 0 radical (unpaired) electrons. The minimum absolute atomic E-state index is 0.332. The molecular weight excluding hydrogens is 332 g/mol. The first kappa shape index (κ1) is 20.6. The Morgan fingerprint density at radius 2 is 1.77 bits per heavy atom. The summed E-state index contributed by atoms with van der Waals surface area (Å²) in [6.07, 6.45) is 0.800. The zero-order valence-electron chi connectivity index (χ0n) is 15.9. The summed E-state index contributed by atoms with van der Waals surface area (Å²) in [4.78, 5) is 0. The molecule has 5 atom stereocenters. The highest BCUT2D eigenvalue weighted by molar-refractivity contribution is 5.37. The highest BCUT2D eigenvalue weighted by atomic mass is 16.6. The largest absolute Gasteiger partial charge is 0.382 e. The van der Waals surface area contributed by atoms with Crippen LogP contribution in [0.2, 0.25) is 0 Å². The monoisotopic (exact) mass is 360 g/mol. The third-order valence-electron chi connectivity index (χ3n) is 4.58. The first-order valence-electron chi connectivity index (χ1n) is 8.60. The molecule has 0 saturated carbocycles. The zero-order valence-corrected chi connectivity index (χ0v) is 15.9. The molecule has 5 nitrogen and oxygen atoms in total. The molecule has 142 valence electrons. The van der Waals surface area contributed by atoms with E-state index < -0.39 is 11.7 Å². The average Bonchev–Trinajstić information content (AvgIpc) is 2.67. The number of ether oxygens (including phenoxy) is 5. The van der Waals surface area contributed by atoms with Gasteiger partial charge in [0.05, 0.1) is 6.61 Å². The van der Waals surface area contributed by atoms with E-state index in [4.69, 9.17) is 23.7 Å². The Morgan fingerprint density at radius 1 is 1.08 bits per heavy atom. The van der Waals surface area contributed by atoms with Crippen LogP contribution in [0.3, 0.4) is 0 Å². The van der Waals surface area contributed by atoms with Crippen molar-refractivity contribution in [2.45, 2.75) is 36.4 Å². The fraction of sp³-hybridized carbons (Fsp3) is 0.524. The summed E-state index contributed by atoms with van der Waals surface area (Å²) < 4.78 is 28.9. The Bertz CT molecular complexity index is 620. The maximum absolute atomic E-state index is 6.42. The molecule has 1 aliphatic rings. The van der Waals surface area contributed by atoms with Crippen LogP contribution in [-0.4, -0.2) is 65.1 Å². The van der Waals surface area contributed by atoms with Gasteiger partial charge in [0.15, 0.2) is 5.60 Å². The van der Waals surface area contributed by atoms with E-state index in [-0.39, 0.29) is 18.3 Å². The predicted molar refractivity (Wildman–Crippen MR) is 100 cm³/mol. The van der Waals surface area contributed by atoms with Crippen LogP contribution in [0.4, 0.5) is 0 Å². The molecule has 1 fully saturated rings. The molecule has 0 spiro atoms. The molecule has 1 saturated heterocycles. The summed E-state index contributed by atoms with van der Waals surface area (Å²) in [5, 5.41) is 0. The first-order chi connectivity index (χ1) is 12.7. The van der Waals surface area contributed by atoms with Crippen LogP contribution in [0, 0.1) is 11.8 Å². The van der Waals surface area contributed by atoms with Crippen molar-refractivity contribution in [1.29, 1.82) is 0 Å². The first-order valence-corrected chi connectivity index (χ1v) is 8.60. The van der Waals surface area contributed by atoms with E-state index in [1.807, 2.05) is 30.3 Å². The molecule has 1 heterocycles. The van der Waals surface area contributed by atoms with E-state index >= 15 is 0 Å². The normalized spacial score (nSPS) is 31.1. The van der Waals surface area contributed by atoms with Gasteiger partial charge in [-0.15, -0.1) is 6.58 Å². The molecule has 0 amide bonds. The number of rotatable bonds is 7. The third kappa shape index (κ3) is 4.35. The zero-order chi connectivity index (χ0) is 19.0. The quantitative estimate of drug-likeness (QED) is 0.552. The molecule has 0 bridgehead atoms. The summed E-state index contributed by atoms with van der Waals surface area (Å²) in [5.41, 5.74) is -0.00821. The molecule has 0 N–H and O–H groups in total. The van der Waals surface area contributed by atoms with Gasteiger partial charge >= 0.3 is 0 Å². The molecular formula is C21H28O5. The maximum atomic E-state index is 6.42. The lowest BCUT2D eigenvalue weighted by molar-refractivity contribution is -0.271. The van der Waals surface area contributed by atoms with E-state index in [1.54, 1.807) is 34.5 Å². The second-order valence-corrected chi connectivity index (χ2v) is 6.17. The molecule has 0 aliphatic carbocycles. The van der Waals surface area contributed by atoms with Crippen molar-refractivity contribution in [2.24, 2.45) is 0 Å². The third-order valence-corrected chi connectivity index (χ3v) is 4.58. The van der Waals surface area contributed by atoms with Crippen LogP contribution in [0.1, 0.15) is 12.0 Å². The number of hydrogen-bond acceptors (Lipinski definition) is 5. The van der Waals surface area contributed by atoms with Crippen molar-refractivity contribution < 1.29 is 23.7 Å². The highest BCUT2D eigenvalue weighted by Crippen LogP contribution is 2.37. The molecule has 26 heavy (non-hydrogen) atoms. The summed E-state index contributed by atoms with van der Waals surface area (Å²) in [6, 6.07) is 9.77. The molecule has 0 unspecified atom stereocenters. The van der Waals surface area contributed by atoms with Crippen LogP contribution in [0.15, 0.2) is 43.0 Å². The number of hydrogen-bond donors (Lipinski definition) is 0. The van der Waals surface area contributed by atoms with Crippen LogP contribution in [0.5, 0.6) is 0 Å². The molecule has 1 aromatic carbocycles. The van der Waals surface area contributed by atoms with E-state index in [2.05, 4.69) is 18.4 Å². The van der Waals surface area contributed by atoms with Crippen molar-refractivity contribution in [3.63, 3.8) is 0 Å². The highest BCUT2D eigenvalue weighted by Gasteiger charge is 2.54. The van der Waals surface area contributed by atoms with Gasteiger partial charge in [-0.3, -0.25) is 0 Å². The van der Waals surface area contributed by atoms with Gasteiger partial charge < -0.3 is 23.7 Å². The fourth-order valence-electron chi connectivity index (χ4n) is 3.44. The van der Waals surface area contributed by atoms with E-state index in [0.717, 1.165) is 5.56 Å². The molecule has 1 aromatic rings. The topological polar surface area (TPSA) is 46.2 Å². The van der Waals surface area contributed by atoms with Gasteiger partial charge in [0.2, 0.25) is 0 Å². The summed E-state index contributed by atoms with van der Waals surface area (Å²) in [5.74, 6) is 6.50. The van der Waals surface area contributed by atoms with Gasteiger partial charge in [0, 0.05) is 40.4 Å². The van der Waals surface area contributed by atoms with Gasteiger partial charge in [0.1, 0.15) is 24.4 Å². The van der Waals surface area contributed by atoms with Crippen LogP contribution >= 0.6 is 0 Å². The van der Waals surface area contributed by atoms with Crippen molar-refractivity contribution in [2.75, 3.05) is 35.0 Å². The molecule has 1 aliphatic heterocycles. The Labute approximate surface area is 156 Å². The van der Waals surface area contributed by atoms with Crippen LogP contribution in [0.25, 0.3) is 0 Å². The van der Waals surface area contributed by atoms with Crippen LogP contribution in [-0.2, 0) is 23.7 Å². The second kappa shape index (κ2) is 9.86. The Balaban J connectivity index is 2.49. The van der Waals surface area contributed by atoms with Gasteiger partial charge in [-0.25, -0.2) is 0 Å². The lowest BCUT2D eigenvalue weighted by atomic mass is 9.82. The Morgan fingerprint density at radius 3 is 2.31 bits per heavy atom. The van der Waals surface area contributed by atoms with Gasteiger partial charge in [-0.1, -0.05) is 36.1 Å². The SMILES string of the molecule is C=CC[C@@]1(C#Cc2ccccc2)O[C@H](COC)[C@@H](OC)[C@H](OC)[C@H]1OC.